The smallest absolute Gasteiger partial charge is 0.246 e. The molecule has 0 atom stereocenters. The summed E-state index contributed by atoms with van der Waals surface area (Å²) in [5.74, 6) is 2.91. The maximum atomic E-state index is 5.31. The van der Waals surface area contributed by atoms with Crippen molar-refractivity contribution in [1.82, 2.24) is 20.4 Å². The lowest BCUT2D eigenvalue weighted by Gasteiger charge is -2.29. The Kier molecular flexibility index (Phi) is 5.33. The lowest BCUT2D eigenvalue weighted by atomic mass is 9.99. The fourth-order valence-corrected chi connectivity index (χ4v) is 2.85. The van der Waals surface area contributed by atoms with E-state index in [9.17, 15) is 0 Å². The van der Waals surface area contributed by atoms with Gasteiger partial charge in [-0.15, -0.1) is 0 Å². The van der Waals surface area contributed by atoms with Crippen LogP contribution in [-0.2, 0) is 6.54 Å². The molecule has 0 unspecified atom stereocenters. The van der Waals surface area contributed by atoms with Gasteiger partial charge in [0.15, 0.2) is 11.8 Å². The summed E-state index contributed by atoms with van der Waals surface area (Å²) in [7, 11) is 3.47. The average molecular weight is 341 g/mol. The molecule has 7 heteroatoms. The molecule has 0 saturated heterocycles. The van der Waals surface area contributed by atoms with Crippen LogP contribution in [0.2, 0.25) is 0 Å². The van der Waals surface area contributed by atoms with E-state index in [0.717, 1.165) is 31.2 Å². The van der Waals surface area contributed by atoms with Crippen LogP contribution >= 0.6 is 0 Å². The Labute approximate surface area is 147 Å². The van der Waals surface area contributed by atoms with Gasteiger partial charge in [-0.25, -0.2) is 0 Å². The maximum absolute atomic E-state index is 5.31. The van der Waals surface area contributed by atoms with Crippen LogP contribution in [-0.4, -0.2) is 48.2 Å². The van der Waals surface area contributed by atoms with Crippen LogP contribution in [0.5, 0.6) is 5.75 Å². The third kappa shape index (κ3) is 4.17. The molecule has 1 aromatic carbocycles. The SMILES string of the molecule is CN=C(NCc1nc(C)no1)N1CC=C(c2cccc(OC)c2)CC1. The van der Waals surface area contributed by atoms with Crippen molar-refractivity contribution in [3.05, 3.63) is 47.6 Å². The number of aromatic nitrogens is 2. The number of rotatable bonds is 4. The number of aliphatic imine (C=N–C) groups is 1. The number of aryl methyl sites for hydroxylation is 1. The van der Waals surface area contributed by atoms with E-state index >= 15 is 0 Å². The van der Waals surface area contributed by atoms with E-state index in [2.05, 4.69) is 43.6 Å². The quantitative estimate of drug-likeness (QED) is 0.679. The van der Waals surface area contributed by atoms with Gasteiger partial charge in [-0.1, -0.05) is 23.4 Å². The van der Waals surface area contributed by atoms with Gasteiger partial charge in [0.25, 0.3) is 0 Å². The van der Waals surface area contributed by atoms with Crippen LogP contribution in [0.15, 0.2) is 39.9 Å². The molecule has 0 radical (unpaired) electrons. The standard InChI is InChI=1S/C18H23N5O2/c1-13-21-17(25-22-13)12-20-18(19-2)23-9-7-14(8-10-23)15-5-4-6-16(11-15)24-3/h4-7,11H,8-10,12H2,1-3H3,(H,19,20). The molecule has 132 valence electrons. The van der Waals surface area contributed by atoms with Gasteiger partial charge in [-0.05, 0) is 36.6 Å². The maximum Gasteiger partial charge on any atom is 0.246 e. The topological polar surface area (TPSA) is 75.8 Å². The summed E-state index contributed by atoms with van der Waals surface area (Å²) in [6.45, 7) is 3.97. The van der Waals surface area contributed by atoms with Crippen LogP contribution in [0.1, 0.15) is 23.7 Å². The van der Waals surface area contributed by atoms with Crippen LogP contribution in [0.25, 0.3) is 5.57 Å². The van der Waals surface area contributed by atoms with Gasteiger partial charge in [-0.3, -0.25) is 4.99 Å². The second kappa shape index (κ2) is 7.83. The summed E-state index contributed by atoms with van der Waals surface area (Å²) in [6.07, 6.45) is 3.19. The Bertz CT molecular complexity index is 781. The predicted molar refractivity (Wildman–Crippen MR) is 96.4 cm³/mol. The van der Waals surface area contributed by atoms with Crippen LogP contribution in [0.4, 0.5) is 0 Å². The summed E-state index contributed by atoms with van der Waals surface area (Å²) < 4.78 is 10.4. The minimum Gasteiger partial charge on any atom is -0.497 e. The van der Waals surface area contributed by atoms with Gasteiger partial charge in [0.2, 0.25) is 5.89 Å². The van der Waals surface area contributed by atoms with E-state index in [4.69, 9.17) is 9.26 Å². The third-order valence-electron chi connectivity index (χ3n) is 4.13. The molecular formula is C18H23N5O2. The molecule has 0 saturated carbocycles. The molecule has 1 aliphatic rings. The molecule has 2 heterocycles. The first-order valence-electron chi connectivity index (χ1n) is 8.28. The Balaban J connectivity index is 1.62. The molecule has 1 aliphatic heterocycles. The highest BCUT2D eigenvalue weighted by Crippen LogP contribution is 2.25. The summed E-state index contributed by atoms with van der Waals surface area (Å²) >= 11 is 0. The van der Waals surface area contributed by atoms with Crippen molar-refractivity contribution in [3.8, 4) is 5.75 Å². The molecule has 1 aromatic heterocycles. The van der Waals surface area contributed by atoms with Crippen molar-refractivity contribution in [3.63, 3.8) is 0 Å². The zero-order valence-corrected chi connectivity index (χ0v) is 14.8. The molecule has 0 fully saturated rings. The fraction of sp³-hybridized carbons (Fsp3) is 0.389. The first-order valence-corrected chi connectivity index (χ1v) is 8.28. The zero-order valence-electron chi connectivity index (χ0n) is 14.8. The number of nitrogens with one attached hydrogen (secondary N) is 1. The number of hydrogen-bond acceptors (Lipinski definition) is 5. The van der Waals surface area contributed by atoms with Crippen LogP contribution in [0, 0.1) is 6.92 Å². The van der Waals surface area contributed by atoms with Gasteiger partial charge in [0.05, 0.1) is 13.7 Å². The minimum absolute atomic E-state index is 0.469. The largest absolute Gasteiger partial charge is 0.497 e. The first kappa shape index (κ1) is 17.0. The highest BCUT2D eigenvalue weighted by molar-refractivity contribution is 5.81. The normalized spacial score (nSPS) is 15.1. The van der Waals surface area contributed by atoms with Crippen molar-refractivity contribution in [2.45, 2.75) is 19.9 Å². The monoisotopic (exact) mass is 341 g/mol. The van der Waals surface area contributed by atoms with Gasteiger partial charge < -0.3 is 19.5 Å². The van der Waals surface area contributed by atoms with Crippen LogP contribution in [0.3, 0.4) is 0 Å². The lowest BCUT2D eigenvalue weighted by molar-refractivity contribution is 0.366. The van der Waals surface area contributed by atoms with Crippen molar-refractivity contribution in [2.75, 3.05) is 27.2 Å². The summed E-state index contributed by atoms with van der Waals surface area (Å²) in [5, 5.41) is 7.06. The number of ether oxygens (including phenoxy) is 1. The minimum atomic E-state index is 0.469. The number of methoxy groups -OCH3 is 1. The molecule has 0 amide bonds. The number of benzene rings is 1. The second-order valence-corrected chi connectivity index (χ2v) is 5.79. The molecular weight excluding hydrogens is 318 g/mol. The van der Waals surface area contributed by atoms with E-state index in [-0.39, 0.29) is 0 Å². The molecule has 2 aromatic rings. The van der Waals surface area contributed by atoms with E-state index in [1.54, 1.807) is 21.1 Å². The average Bonchev–Trinajstić information content (AvgIpc) is 3.08. The molecule has 1 N–H and O–H groups in total. The van der Waals surface area contributed by atoms with E-state index < -0.39 is 0 Å². The Morgan fingerprint density at radius 2 is 2.32 bits per heavy atom. The number of guanidine groups is 1. The Morgan fingerprint density at radius 1 is 1.44 bits per heavy atom. The number of nitrogens with zero attached hydrogens (tertiary/aromatic N) is 4. The third-order valence-corrected chi connectivity index (χ3v) is 4.13. The first-order chi connectivity index (χ1) is 12.2. The van der Waals surface area contributed by atoms with Crippen molar-refractivity contribution >= 4 is 11.5 Å². The van der Waals surface area contributed by atoms with E-state index in [1.165, 1.54) is 11.1 Å². The second-order valence-electron chi connectivity index (χ2n) is 5.79. The summed E-state index contributed by atoms with van der Waals surface area (Å²) in [5.41, 5.74) is 2.54. The predicted octanol–water partition coefficient (Wildman–Crippen LogP) is 2.25. The van der Waals surface area contributed by atoms with Gasteiger partial charge in [0, 0.05) is 20.1 Å². The molecule has 0 aliphatic carbocycles. The lowest BCUT2D eigenvalue weighted by Crippen LogP contribution is -2.43. The van der Waals surface area contributed by atoms with Gasteiger partial charge >= 0.3 is 0 Å². The number of hydrogen-bond donors (Lipinski definition) is 1. The molecule has 3 rings (SSSR count). The molecule has 0 bridgehead atoms. The fourth-order valence-electron chi connectivity index (χ4n) is 2.85. The van der Waals surface area contributed by atoms with Crippen LogP contribution < -0.4 is 10.1 Å². The van der Waals surface area contributed by atoms with E-state index in [1.807, 2.05) is 12.1 Å². The van der Waals surface area contributed by atoms with E-state index in [0.29, 0.717) is 18.3 Å². The molecule has 7 nitrogen and oxygen atoms in total. The summed E-state index contributed by atoms with van der Waals surface area (Å²) in [6, 6.07) is 8.18. The highest BCUT2D eigenvalue weighted by Gasteiger charge is 2.17. The molecule has 25 heavy (non-hydrogen) atoms. The summed E-state index contributed by atoms with van der Waals surface area (Å²) in [4.78, 5) is 10.7. The van der Waals surface area contributed by atoms with Crippen molar-refractivity contribution < 1.29 is 9.26 Å². The van der Waals surface area contributed by atoms with Crippen molar-refractivity contribution in [1.29, 1.82) is 0 Å². The van der Waals surface area contributed by atoms with Gasteiger partial charge in [-0.2, -0.15) is 4.98 Å². The highest BCUT2D eigenvalue weighted by atomic mass is 16.5. The van der Waals surface area contributed by atoms with Crippen molar-refractivity contribution in [2.24, 2.45) is 4.99 Å². The Hall–Kier alpha value is -2.83. The Morgan fingerprint density at radius 3 is 2.96 bits per heavy atom. The zero-order chi connectivity index (χ0) is 17.6. The molecule has 0 spiro atoms. The van der Waals surface area contributed by atoms with Gasteiger partial charge in [0.1, 0.15) is 5.75 Å².